The quantitative estimate of drug-likeness (QED) is 0.607. The zero-order valence-electron chi connectivity index (χ0n) is 15.2. The molecule has 3 N–H and O–H groups in total. The number of amides is 4. The highest BCUT2D eigenvalue weighted by Crippen LogP contribution is 2.28. The Morgan fingerprint density at radius 2 is 1.93 bits per heavy atom. The number of nitrogens with one attached hydrogen (secondary N) is 3. The van der Waals surface area contributed by atoms with E-state index in [0.29, 0.717) is 26.1 Å². The van der Waals surface area contributed by atoms with Gasteiger partial charge in [-0.1, -0.05) is 6.07 Å². The van der Waals surface area contributed by atoms with Crippen molar-refractivity contribution in [3.63, 3.8) is 0 Å². The molecule has 3 heterocycles. The number of fused-ring (bicyclic) bond motifs is 1. The van der Waals surface area contributed by atoms with E-state index in [1.54, 1.807) is 18.2 Å². The normalized spacial score (nSPS) is 27.3. The van der Waals surface area contributed by atoms with Crippen molar-refractivity contribution < 1.29 is 23.6 Å². The topological polar surface area (TPSA) is 108 Å². The molecule has 3 atom stereocenters. The van der Waals surface area contributed by atoms with Crippen LogP contribution in [0.2, 0.25) is 0 Å². The lowest BCUT2D eigenvalue weighted by Gasteiger charge is -2.27. The first-order valence-electron chi connectivity index (χ1n) is 9.36. The molecule has 4 rings (SSSR count). The van der Waals surface area contributed by atoms with E-state index < -0.39 is 35.8 Å². The molecule has 3 aliphatic heterocycles. The molecular formula is C19H21FN4O4. The molecule has 0 bridgehead atoms. The molecule has 1 unspecified atom stereocenters. The van der Waals surface area contributed by atoms with Crippen molar-refractivity contribution in [2.45, 2.75) is 44.1 Å². The summed E-state index contributed by atoms with van der Waals surface area (Å²) in [6.07, 6.45) is -0.109. The number of carbonyl (C=O) groups is 4. The first-order chi connectivity index (χ1) is 13.4. The van der Waals surface area contributed by atoms with E-state index in [1.807, 2.05) is 0 Å². The second kappa shape index (κ2) is 7.40. The number of carbonyl (C=O) groups excluding carboxylic acids is 4. The summed E-state index contributed by atoms with van der Waals surface area (Å²) in [6.45, 7) is 1.45. The summed E-state index contributed by atoms with van der Waals surface area (Å²) < 4.78 is 13.2. The molecule has 4 amide bonds. The van der Waals surface area contributed by atoms with Crippen molar-refractivity contribution in [3.8, 4) is 0 Å². The molecule has 2 saturated heterocycles. The number of benzene rings is 1. The second-order valence-corrected chi connectivity index (χ2v) is 7.40. The van der Waals surface area contributed by atoms with Gasteiger partial charge in [-0.15, -0.1) is 0 Å². The average Bonchev–Trinajstić information content (AvgIpc) is 3.17. The highest BCUT2D eigenvalue weighted by atomic mass is 19.1. The minimum absolute atomic E-state index is 0.0793. The van der Waals surface area contributed by atoms with E-state index in [4.69, 9.17) is 0 Å². The van der Waals surface area contributed by atoms with E-state index in [1.165, 1.54) is 0 Å². The summed E-state index contributed by atoms with van der Waals surface area (Å²) >= 11 is 0. The summed E-state index contributed by atoms with van der Waals surface area (Å²) in [6, 6.07) is 4.10. The average molecular weight is 388 g/mol. The van der Waals surface area contributed by atoms with E-state index in [9.17, 15) is 23.6 Å². The van der Waals surface area contributed by atoms with Crippen LogP contribution in [0.15, 0.2) is 18.2 Å². The first-order valence-corrected chi connectivity index (χ1v) is 9.36. The van der Waals surface area contributed by atoms with Crippen LogP contribution < -0.4 is 16.0 Å². The van der Waals surface area contributed by atoms with Crippen LogP contribution in [0.5, 0.6) is 0 Å². The largest absolute Gasteiger partial charge is 0.311 e. The maximum atomic E-state index is 13.2. The third-order valence-corrected chi connectivity index (χ3v) is 5.39. The zero-order valence-corrected chi connectivity index (χ0v) is 15.2. The molecule has 0 radical (unpaired) electrons. The van der Waals surface area contributed by atoms with Crippen LogP contribution in [0, 0.1) is 0 Å². The van der Waals surface area contributed by atoms with E-state index in [-0.39, 0.29) is 30.0 Å². The highest BCUT2D eigenvalue weighted by molar-refractivity contribution is 6.23. The lowest BCUT2D eigenvalue weighted by Crippen LogP contribution is -2.54. The van der Waals surface area contributed by atoms with Crippen molar-refractivity contribution in [1.29, 1.82) is 0 Å². The minimum Gasteiger partial charge on any atom is -0.311 e. The maximum absolute atomic E-state index is 13.2. The molecule has 0 aliphatic carbocycles. The van der Waals surface area contributed by atoms with Crippen LogP contribution >= 0.6 is 0 Å². The standard InChI is InChI=1S/C19H21FN4O4/c20-11-6-12(22-8-11)9-21-7-10-1-2-13-14(5-10)19(28)24(18(13)27)15-3-4-16(25)23-17(15)26/h1-2,5,11-12,15,21-22H,3-4,6-9H2,(H,23,25,26)/t11-,12+,15?/m1/s1. The fraction of sp³-hybridized carbons (Fsp3) is 0.474. The van der Waals surface area contributed by atoms with Gasteiger partial charge in [-0.05, 0) is 30.5 Å². The van der Waals surface area contributed by atoms with E-state index >= 15 is 0 Å². The van der Waals surface area contributed by atoms with Gasteiger partial charge in [0.2, 0.25) is 11.8 Å². The van der Waals surface area contributed by atoms with Crippen molar-refractivity contribution in [2.75, 3.05) is 13.1 Å². The van der Waals surface area contributed by atoms with Gasteiger partial charge < -0.3 is 10.6 Å². The number of piperidine rings is 1. The van der Waals surface area contributed by atoms with Crippen molar-refractivity contribution in [1.82, 2.24) is 20.9 Å². The molecular weight excluding hydrogens is 367 g/mol. The number of imide groups is 2. The molecule has 9 heteroatoms. The molecule has 8 nitrogen and oxygen atoms in total. The fourth-order valence-electron chi connectivity index (χ4n) is 3.94. The van der Waals surface area contributed by atoms with Crippen LogP contribution in [-0.4, -0.2) is 59.9 Å². The Labute approximate surface area is 160 Å². The number of rotatable bonds is 5. The van der Waals surface area contributed by atoms with Gasteiger partial charge in [-0.3, -0.25) is 29.4 Å². The predicted molar refractivity (Wildman–Crippen MR) is 96.1 cm³/mol. The molecule has 3 aliphatic rings. The summed E-state index contributed by atoms with van der Waals surface area (Å²) in [5.74, 6) is -2.06. The molecule has 1 aromatic carbocycles. The van der Waals surface area contributed by atoms with Gasteiger partial charge in [0.15, 0.2) is 0 Å². The molecule has 0 aromatic heterocycles. The number of nitrogens with zero attached hydrogens (tertiary/aromatic N) is 1. The highest BCUT2D eigenvalue weighted by Gasteiger charge is 2.44. The third kappa shape index (κ3) is 3.43. The lowest BCUT2D eigenvalue weighted by molar-refractivity contribution is -0.136. The summed E-state index contributed by atoms with van der Waals surface area (Å²) in [5.41, 5.74) is 1.34. The Morgan fingerprint density at radius 3 is 2.64 bits per heavy atom. The smallest absolute Gasteiger partial charge is 0.262 e. The number of alkyl halides is 1. The molecule has 0 spiro atoms. The van der Waals surface area contributed by atoms with E-state index in [2.05, 4.69) is 16.0 Å². The molecule has 1 aromatic rings. The van der Waals surface area contributed by atoms with Gasteiger partial charge in [-0.2, -0.15) is 0 Å². The van der Waals surface area contributed by atoms with Crippen molar-refractivity contribution in [3.05, 3.63) is 34.9 Å². The third-order valence-electron chi connectivity index (χ3n) is 5.39. The van der Waals surface area contributed by atoms with Gasteiger partial charge >= 0.3 is 0 Å². The summed E-state index contributed by atoms with van der Waals surface area (Å²) in [5, 5.41) is 8.50. The Bertz CT molecular complexity index is 858. The Morgan fingerprint density at radius 1 is 1.14 bits per heavy atom. The Hall–Kier alpha value is -2.65. The summed E-state index contributed by atoms with van der Waals surface area (Å²) in [7, 11) is 0. The first kappa shape index (κ1) is 18.7. The monoisotopic (exact) mass is 388 g/mol. The van der Waals surface area contributed by atoms with Gasteiger partial charge in [0.25, 0.3) is 11.8 Å². The van der Waals surface area contributed by atoms with Gasteiger partial charge in [0.1, 0.15) is 12.2 Å². The van der Waals surface area contributed by atoms with E-state index in [0.717, 1.165) is 10.5 Å². The van der Waals surface area contributed by atoms with Crippen LogP contribution in [-0.2, 0) is 16.1 Å². The van der Waals surface area contributed by atoms with Gasteiger partial charge in [0, 0.05) is 32.1 Å². The van der Waals surface area contributed by atoms with Crippen LogP contribution in [0.25, 0.3) is 0 Å². The summed E-state index contributed by atoms with van der Waals surface area (Å²) in [4.78, 5) is 49.8. The molecule has 28 heavy (non-hydrogen) atoms. The zero-order chi connectivity index (χ0) is 19.8. The Balaban J connectivity index is 1.43. The molecule has 0 saturated carbocycles. The number of halogens is 1. The van der Waals surface area contributed by atoms with Crippen LogP contribution in [0.1, 0.15) is 45.5 Å². The molecule has 148 valence electrons. The second-order valence-electron chi connectivity index (χ2n) is 7.40. The fourth-order valence-corrected chi connectivity index (χ4v) is 3.94. The van der Waals surface area contributed by atoms with Crippen LogP contribution in [0.3, 0.4) is 0 Å². The minimum atomic E-state index is -0.964. The van der Waals surface area contributed by atoms with Gasteiger partial charge in [0.05, 0.1) is 11.1 Å². The van der Waals surface area contributed by atoms with Gasteiger partial charge in [-0.25, -0.2) is 4.39 Å². The number of hydrogen-bond donors (Lipinski definition) is 3. The predicted octanol–water partition coefficient (Wildman–Crippen LogP) is -0.123. The molecule has 2 fully saturated rings. The van der Waals surface area contributed by atoms with Crippen molar-refractivity contribution in [2.24, 2.45) is 0 Å². The lowest BCUT2D eigenvalue weighted by atomic mass is 10.0. The maximum Gasteiger partial charge on any atom is 0.262 e. The van der Waals surface area contributed by atoms with Crippen molar-refractivity contribution >= 4 is 23.6 Å². The van der Waals surface area contributed by atoms with Crippen LogP contribution in [0.4, 0.5) is 4.39 Å². The number of hydrogen-bond acceptors (Lipinski definition) is 6. The Kier molecular flexibility index (Phi) is 4.94. The SMILES string of the molecule is O=C1CCC(N2C(=O)c3ccc(CNC[C@@H]4C[C@@H](F)CN4)cc3C2=O)C(=O)N1.